The minimum Gasteiger partial charge on any atom is -0.466 e. The monoisotopic (exact) mass is 475 g/mol. The third-order valence-electron chi connectivity index (χ3n) is 5.94. The zero-order valence-corrected chi connectivity index (χ0v) is 19.7. The van der Waals surface area contributed by atoms with Crippen LogP contribution in [0.3, 0.4) is 0 Å². The van der Waals surface area contributed by atoms with Crippen molar-refractivity contribution in [2.24, 2.45) is 5.73 Å². The highest BCUT2D eigenvalue weighted by atomic mass is 16.7. The lowest BCUT2D eigenvalue weighted by Crippen LogP contribution is -2.41. The molecule has 9 heteroatoms. The van der Waals surface area contributed by atoms with Gasteiger partial charge >= 0.3 is 11.9 Å². The molecule has 2 N–H and O–H groups in total. The number of nitrogens with zero attached hydrogens (tertiary/aromatic N) is 2. The predicted molar refractivity (Wildman–Crippen MR) is 126 cm³/mol. The number of carbonyl (C=O) groups excluding carboxylic acids is 2. The maximum atomic E-state index is 13.3. The third-order valence-corrected chi connectivity index (χ3v) is 5.94. The summed E-state index contributed by atoms with van der Waals surface area (Å²) in [6.45, 7) is 2.06. The number of methoxy groups -OCH3 is 2. The minimum absolute atomic E-state index is 0.00521. The van der Waals surface area contributed by atoms with Gasteiger partial charge in [0.15, 0.2) is 11.5 Å². The van der Waals surface area contributed by atoms with Gasteiger partial charge in [0.25, 0.3) is 0 Å². The van der Waals surface area contributed by atoms with Crippen molar-refractivity contribution in [2.75, 3.05) is 25.9 Å². The van der Waals surface area contributed by atoms with Crippen molar-refractivity contribution >= 4 is 17.6 Å². The number of nitrogens with two attached hydrogens (primary N) is 1. The van der Waals surface area contributed by atoms with Gasteiger partial charge in [-0.1, -0.05) is 43.7 Å². The summed E-state index contributed by atoms with van der Waals surface area (Å²) in [6.07, 6.45) is 1.39. The molecule has 0 aliphatic carbocycles. The maximum absolute atomic E-state index is 13.3. The SMILES string of the molecule is CCCc1cc2c(cc1N1C(N)=C(C#N)C(c3ccccc3)C(C(=O)OC)=C1C(=O)OC)OCO2. The molecule has 2 aromatic carbocycles. The summed E-state index contributed by atoms with van der Waals surface area (Å²) in [6, 6.07) is 14.5. The molecule has 35 heavy (non-hydrogen) atoms. The lowest BCUT2D eigenvalue weighted by molar-refractivity contribution is -0.139. The van der Waals surface area contributed by atoms with Gasteiger partial charge in [-0.25, -0.2) is 9.59 Å². The Morgan fingerprint density at radius 3 is 2.37 bits per heavy atom. The van der Waals surface area contributed by atoms with E-state index in [1.54, 1.807) is 30.3 Å². The fourth-order valence-corrected chi connectivity index (χ4v) is 4.41. The zero-order valence-electron chi connectivity index (χ0n) is 19.7. The van der Waals surface area contributed by atoms with E-state index in [0.29, 0.717) is 29.2 Å². The molecule has 180 valence electrons. The second-order valence-electron chi connectivity index (χ2n) is 7.92. The van der Waals surface area contributed by atoms with E-state index in [-0.39, 0.29) is 29.5 Å². The largest absolute Gasteiger partial charge is 0.466 e. The molecule has 2 aromatic rings. The van der Waals surface area contributed by atoms with E-state index in [9.17, 15) is 14.9 Å². The van der Waals surface area contributed by atoms with Gasteiger partial charge in [-0.2, -0.15) is 5.26 Å². The number of esters is 2. The van der Waals surface area contributed by atoms with Crippen molar-refractivity contribution < 1.29 is 28.5 Å². The number of carbonyl (C=O) groups is 2. The van der Waals surface area contributed by atoms with Crippen LogP contribution in [0.5, 0.6) is 11.5 Å². The number of fused-ring (bicyclic) bond motifs is 1. The summed E-state index contributed by atoms with van der Waals surface area (Å²) in [5.41, 5.74) is 8.42. The number of aryl methyl sites for hydroxylation is 1. The van der Waals surface area contributed by atoms with Gasteiger partial charge in [0.2, 0.25) is 6.79 Å². The van der Waals surface area contributed by atoms with Crippen LogP contribution in [0.1, 0.15) is 30.4 Å². The van der Waals surface area contributed by atoms with E-state index >= 15 is 0 Å². The highest BCUT2D eigenvalue weighted by molar-refractivity contribution is 6.06. The van der Waals surface area contributed by atoms with Crippen molar-refractivity contribution in [2.45, 2.75) is 25.7 Å². The van der Waals surface area contributed by atoms with Crippen molar-refractivity contribution in [3.8, 4) is 17.6 Å². The Labute approximate surface area is 202 Å². The highest BCUT2D eigenvalue weighted by Gasteiger charge is 2.43. The van der Waals surface area contributed by atoms with Crippen molar-refractivity contribution in [3.63, 3.8) is 0 Å². The van der Waals surface area contributed by atoms with Crippen LogP contribution in [0.2, 0.25) is 0 Å². The van der Waals surface area contributed by atoms with Crippen LogP contribution in [0.15, 0.2) is 65.1 Å². The van der Waals surface area contributed by atoms with Crippen molar-refractivity contribution in [1.29, 1.82) is 5.26 Å². The first-order valence-corrected chi connectivity index (χ1v) is 11.0. The molecule has 0 bridgehead atoms. The Hall–Kier alpha value is -4.45. The van der Waals surface area contributed by atoms with E-state index in [4.69, 9.17) is 24.7 Å². The molecule has 0 saturated heterocycles. The van der Waals surface area contributed by atoms with Gasteiger partial charge < -0.3 is 24.7 Å². The number of allylic oxidation sites excluding steroid dienone is 1. The Morgan fingerprint density at radius 2 is 1.77 bits per heavy atom. The fraction of sp³-hybridized carbons (Fsp3) is 0.269. The lowest BCUT2D eigenvalue weighted by Gasteiger charge is -2.36. The number of hydrogen-bond acceptors (Lipinski definition) is 9. The third kappa shape index (κ3) is 4.04. The summed E-state index contributed by atoms with van der Waals surface area (Å²) in [5.74, 6) is -1.47. The van der Waals surface area contributed by atoms with E-state index in [2.05, 4.69) is 6.07 Å². The van der Waals surface area contributed by atoms with Gasteiger partial charge in [-0.15, -0.1) is 0 Å². The van der Waals surface area contributed by atoms with Crippen LogP contribution in [0, 0.1) is 11.3 Å². The number of nitriles is 1. The van der Waals surface area contributed by atoms with Gasteiger partial charge in [-0.3, -0.25) is 4.90 Å². The Morgan fingerprint density at radius 1 is 1.11 bits per heavy atom. The first kappa shape index (κ1) is 23.7. The number of anilines is 1. The highest BCUT2D eigenvalue weighted by Crippen LogP contribution is 2.46. The molecule has 0 radical (unpaired) electrons. The number of hydrogen-bond donors (Lipinski definition) is 1. The molecule has 2 aliphatic heterocycles. The zero-order chi connectivity index (χ0) is 25.1. The summed E-state index contributed by atoms with van der Waals surface area (Å²) in [4.78, 5) is 27.8. The van der Waals surface area contributed by atoms with Gasteiger partial charge in [0.1, 0.15) is 11.5 Å². The number of rotatable bonds is 6. The molecule has 2 aliphatic rings. The Bertz CT molecular complexity index is 1280. The molecule has 0 spiro atoms. The van der Waals surface area contributed by atoms with E-state index < -0.39 is 17.9 Å². The molecule has 1 atom stereocenters. The van der Waals surface area contributed by atoms with Crippen LogP contribution < -0.4 is 20.1 Å². The average molecular weight is 476 g/mol. The summed E-state index contributed by atoms with van der Waals surface area (Å²) in [7, 11) is 2.43. The Balaban J connectivity index is 2.08. The maximum Gasteiger partial charge on any atom is 0.355 e. The summed E-state index contributed by atoms with van der Waals surface area (Å²) >= 11 is 0. The van der Waals surface area contributed by atoms with Crippen LogP contribution in [-0.4, -0.2) is 33.0 Å². The van der Waals surface area contributed by atoms with Crippen LogP contribution >= 0.6 is 0 Å². The van der Waals surface area contributed by atoms with E-state index in [1.165, 1.54) is 19.1 Å². The average Bonchev–Trinajstić information content (AvgIpc) is 3.34. The molecule has 0 fully saturated rings. The van der Waals surface area contributed by atoms with Crippen LogP contribution in [0.25, 0.3) is 0 Å². The summed E-state index contributed by atoms with van der Waals surface area (Å²) in [5, 5.41) is 10.2. The van der Waals surface area contributed by atoms with Crippen LogP contribution in [-0.2, 0) is 25.5 Å². The molecular formula is C26H25N3O6. The minimum atomic E-state index is -0.928. The van der Waals surface area contributed by atoms with Gasteiger partial charge in [0.05, 0.1) is 43.0 Å². The fourth-order valence-electron chi connectivity index (χ4n) is 4.41. The second-order valence-corrected chi connectivity index (χ2v) is 7.92. The smallest absolute Gasteiger partial charge is 0.355 e. The number of benzene rings is 2. The van der Waals surface area contributed by atoms with Crippen molar-refractivity contribution in [3.05, 3.63) is 76.3 Å². The standard InChI is InChI=1S/C26H25N3O6/c1-4-8-16-11-19-20(35-14-34-19)12-18(16)29-23(26(31)33-3)22(25(30)32-2)21(17(13-27)24(29)28)15-9-6-5-7-10-15/h5-7,9-12,21H,4,8,14,28H2,1-3H3. The lowest BCUT2D eigenvalue weighted by atomic mass is 9.80. The number of ether oxygens (including phenoxy) is 4. The molecule has 9 nitrogen and oxygen atoms in total. The molecule has 0 amide bonds. The van der Waals surface area contributed by atoms with E-state index in [0.717, 1.165) is 12.0 Å². The predicted octanol–water partition coefficient (Wildman–Crippen LogP) is 3.27. The molecule has 0 saturated carbocycles. The Kier molecular flexibility index (Phi) is 6.64. The molecule has 2 heterocycles. The quantitative estimate of drug-likeness (QED) is 0.627. The van der Waals surface area contributed by atoms with Gasteiger partial charge in [0, 0.05) is 6.07 Å². The summed E-state index contributed by atoms with van der Waals surface area (Å²) < 4.78 is 21.3. The molecule has 1 unspecified atom stereocenters. The molecule has 4 rings (SSSR count). The topological polar surface area (TPSA) is 124 Å². The van der Waals surface area contributed by atoms with Crippen molar-refractivity contribution in [1.82, 2.24) is 0 Å². The normalized spacial score (nSPS) is 16.7. The van der Waals surface area contributed by atoms with E-state index in [1.807, 2.05) is 19.1 Å². The van der Waals surface area contributed by atoms with Crippen LogP contribution in [0.4, 0.5) is 5.69 Å². The first-order chi connectivity index (χ1) is 17.0. The first-order valence-electron chi connectivity index (χ1n) is 11.0. The molecule has 0 aromatic heterocycles. The second kappa shape index (κ2) is 9.81. The van der Waals surface area contributed by atoms with Gasteiger partial charge in [-0.05, 0) is 23.6 Å². The molecular weight excluding hydrogens is 450 g/mol.